The molecule has 0 aromatic rings. The van der Waals surface area contributed by atoms with Crippen molar-refractivity contribution in [2.24, 2.45) is 29.6 Å². The van der Waals surface area contributed by atoms with E-state index in [0.29, 0.717) is 23.5 Å². The quantitative estimate of drug-likeness (QED) is 0.766. The molecular weight excluding hydrogens is 246 g/mol. The van der Waals surface area contributed by atoms with E-state index in [1.807, 2.05) is 0 Å². The van der Waals surface area contributed by atoms with Gasteiger partial charge in [0.15, 0.2) is 0 Å². The molecule has 114 valence electrons. The van der Waals surface area contributed by atoms with Crippen LogP contribution in [0.4, 0.5) is 0 Å². The largest absolute Gasteiger partial charge is 0.302 e. The van der Waals surface area contributed by atoms with Crippen LogP contribution in [0.2, 0.25) is 0 Å². The average Bonchev–Trinajstić information content (AvgIpc) is 2.42. The van der Waals surface area contributed by atoms with Crippen molar-refractivity contribution < 1.29 is 4.79 Å². The molecule has 0 radical (unpaired) electrons. The Hall–Kier alpha value is -0.370. The second-order valence-electron chi connectivity index (χ2n) is 7.95. The molecular formula is C18H31NO. The SMILES string of the molecule is CC1CC(=O)C(CN2CCC3CCCCC3C2)C(C)C1. The zero-order chi connectivity index (χ0) is 14.1. The zero-order valence-electron chi connectivity index (χ0n) is 13.3. The third-order valence-electron chi connectivity index (χ3n) is 6.25. The molecule has 0 bridgehead atoms. The first-order valence-corrected chi connectivity index (χ1v) is 8.88. The van der Waals surface area contributed by atoms with Gasteiger partial charge in [-0.05, 0) is 49.5 Å². The number of fused-ring (bicyclic) bond motifs is 1. The first kappa shape index (κ1) is 14.6. The number of hydrogen-bond donors (Lipinski definition) is 0. The molecule has 1 heterocycles. The fourth-order valence-electron chi connectivity index (χ4n) is 5.10. The number of nitrogens with zero attached hydrogens (tertiary/aromatic N) is 1. The minimum atomic E-state index is 0.325. The predicted octanol–water partition coefficient (Wildman–Crippen LogP) is 3.75. The Balaban J connectivity index is 1.56. The highest BCUT2D eigenvalue weighted by Crippen LogP contribution is 2.37. The molecule has 0 aromatic carbocycles. The predicted molar refractivity (Wildman–Crippen MR) is 82.6 cm³/mol. The third-order valence-corrected chi connectivity index (χ3v) is 6.25. The first-order chi connectivity index (χ1) is 9.63. The average molecular weight is 277 g/mol. The van der Waals surface area contributed by atoms with Crippen LogP contribution in [0.3, 0.4) is 0 Å². The van der Waals surface area contributed by atoms with E-state index in [4.69, 9.17) is 0 Å². The summed E-state index contributed by atoms with van der Waals surface area (Å²) < 4.78 is 0. The Bertz CT molecular complexity index is 353. The number of rotatable bonds is 2. The summed E-state index contributed by atoms with van der Waals surface area (Å²) in [6, 6.07) is 0. The lowest BCUT2D eigenvalue weighted by Gasteiger charge is -2.43. The fourth-order valence-corrected chi connectivity index (χ4v) is 5.10. The Morgan fingerprint density at radius 3 is 2.60 bits per heavy atom. The van der Waals surface area contributed by atoms with Gasteiger partial charge in [-0.1, -0.05) is 33.1 Å². The van der Waals surface area contributed by atoms with E-state index in [1.165, 1.54) is 51.6 Å². The molecule has 5 unspecified atom stereocenters. The summed E-state index contributed by atoms with van der Waals surface area (Å²) in [5, 5.41) is 0. The normalized spacial score (nSPS) is 43.3. The van der Waals surface area contributed by atoms with Crippen molar-refractivity contribution in [1.82, 2.24) is 4.90 Å². The first-order valence-electron chi connectivity index (χ1n) is 8.88. The van der Waals surface area contributed by atoms with Gasteiger partial charge in [0, 0.05) is 25.4 Å². The topological polar surface area (TPSA) is 20.3 Å². The van der Waals surface area contributed by atoms with Gasteiger partial charge in [0.05, 0.1) is 0 Å². The lowest BCUT2D eigenvalue weighted by atomic mass is 9.72. The molecule has 3 fully saturated rings. The van der Waals surface area contributed by atoms with E-state index in [-0.39, 0.29) is 0 Å². The molecule has 2 heteroatoms. The summed E-state index contributed by atoms with van der Waals surface area (Å²) in [4.78, 5) is 15.0. The molecule has 1 saturated heterocycles. The maximum absolute atomic E-state index is 12.3. The lowest BCUT2D eigenvalue weighted by Crippen LogP contribution is -2.47. The second-order valence-corrected chi connectivity index (χ2v) is 7.95. The minimum absolute atomic E-state index is 0.325. The molecule has 0 spiro atoms. The van der Waals surface area contributed by atoms with Gasteiger partial charge in [0.1, 0.15) is 5.78 Å². The molecule has 1 aliphatic heterocycles. The molecule has 20 heavy (non-hydrogen) atoms. The monoisotopic (exact) mass is 277 g/mol. The maximum atomic E-state index is 12.3. The van der Waals surface area contributed by atoms with Gasteiger partial charge >= 0.3 is 0 Å². The van der Waals surface area contributed by atoms with Crippen molar-refractivity contribution in [2.75, 3.05) is 19.6 Å². The van der Waals surface area contributed by atoms with Crippen molar-refractivity contribution in [3.63, 3.8) is 0 Å². The van der Waals surface area contributed by atoms with Gasteiger partial charge in [-0.25, -0.2) is 0 Å². The van der Waals surface area contributed by atoms with Crippen molar-refractivity contribution in [3.8, 4) is 0 Å². The van der Waals surface area contributed by atoms with Crippen LogP contribution in [-0.4, -0.2) is 30.3 Å². The third kappa shape index (κ3) is 3.10. The van der Waals surface area contributed by atoms with Crippen LogP contribution in [0.25, 0.3) is 0 Å². The summed E-state index contributed by atoms with van der Waals surface area (Å²) in [5.41, 5.74) is 0. The van der Waals surface area contributed by atoms with Crippen LogP contribution in [0.15, 0.2) is 0 Å². The highest BCUT2D eigenvalue weighted by atomic mass is 16.1. The molecule has 3 aliphatic rings. The van der Waals surface area contributed by atoms with Crippen LogP contribution in [0.5, 0.6) is 0 Å². The summed E-state index contributed by atoms with van der Waals surface area (Å²) in [5.74, 6) is 4.01. The van der Waals surface area contributed by atoms with Crippen molar-refractivity contribution in [2.45, 2.75) is 58.8 Å². The standard InChI is InChI=1S/C18H31NO/c1-13-9-14(2)17(18(20)10-13)12-19-8-7-15-5-3-4-6-16(15)11-19/h13-17H,3-12H2,1-2H3. The summed E-state index contributed by atoms with van der Waals surface area (Å²) in [7, 11) is 0. The summed E-state index contributed by atoms with van der Waals surface area (Å²) in [6.07, 6.45) is 9.26. The van der Waals surface area contributed by atoms with E-state index in [0.717, 1.165) is 24.8 Å². The van der Waals surface area contributed by atoms with Crippen LogP contribution >= 0.6 is 0 Å². The number of ketones is 1. The Kier molecular flexibility index (Phi) is 4.49. The number of hydrogen-bond acceptors (Lipinski definition) is 2. The Morgan fingerprint density at radius 1 is 1.10 bits per heavy atom. The highest BCUT2D eigenvalue weighted by Gasteiger charge is 2.36. The van der Waals surface area contributed by atoms with Crippen LogP contribution < -0.4 is 0 Å². The Morgan fingerprint density at radius 2 is 1.85 bits per heavy atom. The molecule has 2 nitrogen and oxygen atoms in total. The van der Waals surface area contributed by atoms with E-state index < -0.39 is 0 Å². The minimum Gasteiger partial charge on any atom is -0.302 e. The van der Waals surface area contributed by atoms with Crippen LogP contribution in [-0.2, 0) is 4.79 Å². The molecule has 0 amide bonds. The molecule has 2 saturated carbocycles. The molecule has 0 N–H and O–H groups in total. The fraction of sp³-hybridized carbons (Fsp3) is 0.944. The smallest absolute Gasteiger partial charge is 0.137 e. The van der Waals surface area contributed by atoms with Gasteiger partial charge in [-0.2, -0.15) is 0 Å². The van der Waals surface area contributed by atoms with E-state index >= 15 is 0 Å². The van der Waals surface area contributed by atoms with E-state index in [9.17, 15) is 4.79 Å². The number of carbonyl (C=O) groups excluding carboxylic acids is 1. The molecule has 3 rings (SSSR count). The van der Waals surface area contributed by atoms with Gasteiger partial charge in [0.25, 0.3) is 0 Å². The highest BCUT2D eigenvalue weighted by molar-refractivity contribution is 5.82. The number of Topliss-reactive ketones (excluding diaryl/α,β-unsaturated/α-hetero) is 1. The van der Waals surface area contributed by atoms with Gasteiger partial charge in [0.2, 0.25) is 0 Å². The summed E-state index contributed by atoms with van der Waals surface area (Å²) in [6.45, 7) is 8.10. The molecule has 2 aliphatic carbocycles. The van der Waals surface area contributed by atoms with E-state index in [1.54, 1.807) is 0 Å². The lowest BCUT2D eigenvalue weighted by molar-refractivity contribution is -0.129. The number of likely N-dealkylation sites (tertiary alicyclic amines) is 1. The zero-order valence-corrected chi connectivity index (χ0v) is 13.3. The van der Waals surface area contributed by atoms with Crippen molar-refractivity contribution in [1.29, 1.82) is 0 Å². The van der Waals surface area contributed by atoms with Crippen molar-refractivity contribution in [3.05, 3.63) is 0 Å². The molecule has 5 atom stereocenters. The summed E-state index contributed by atoms with van der Waals surface area (Å²) >= 11 is 0. The number of carbonyl (C=O) groups is 1. The Labute approximate surface area is 124 Å². The van der Waals surface area contributed by atoms with Crippen molar-refractivity contribution >= 4 is 5.78 Å². The maximum Gasteiger partial charge on any atom is 0.137 e. The van der Waals surface area contributed by atoms with Gasteiger partial charge in [-0.15, -0.1) is 0 Å². The molecule has 0 aromatic heterocycles. The number of piperidine rings is 1. The van der Waals surface area contributed by atoms with Gasteiger partial charge in [-0.3, -0.25) is 4.79 Å². The van der Waals surface area contributed by atoms with Crippen LogP contribution in [0, 0.1) is 29.6 Å². The van der Waals surface area contributed by atoms with Gasteiger partial charge < -0.3 is 4.90 Å². The van der Waals surface area contributed by atoms with Crippen LogP contribution in [0.1, 0.15) is 58.8 Å². The van der Waals surface area contributed by atoms with E-state index in [2.05, 4.69) is 18.7 Å². The second kappa shape index (κ2) is 6.17.